The molecule has 2 fully saturated rings. The van der Waals surface area contributed by atoms with E-state index in [0.717, 1.165) is 30.7 Å². The second-order valence-electron chi connectivity index (χ2n) is 6.90. The van der Waals surface area contributed by atoms with Crippen molar-refractivity contribution in [3.8, 4) is 5.75 Å². The molecule has 130 valence electrons. The molecule has 1 aromatic rings. The molecule has 2 amide bonds. The van der Waals surface area contributed by atoms with Gasteiger partial charge in [0.2, 0.25) is 11.8 Å². The molecular weight excluding hydrogens is 304 g/mol. The normalized spacial score (nSPS) is 24.3. The highest BCUT2D eigenvalue weighted by Crippen LogP contribution is 2.26. The predicted octanol–water partition coefficient (Wildman–Crippen LogP) is 2.44. The lowest BCUT2D eigenvalue weighted by atomic mass is 9.99. The number of carbonyl (C=O) groups excluding carboxylic acids is 2. The number of rotatable bonds is 4. The van der Waals surface area contributed by atoms with Gasteiger partial charge in [0.25, 0.3) is 0 Å². The Morgan fingerprint density at radius 3 is 2.92 bits per heavy atom. The molecular formula is C19H26N2O3. The molecule has 2 heterocycles. The standard InChI is InChI=1S/C19H26N2O3/c1-14-6-3-4-9-21(14)19(23)16-11-18(22)20(13-16)12-15-7-5-8-17(10-15)24-2/h5,7-8,10,14,16H,3-4,6,9,11-13H2,1-2H3/t14-,16+/m1/s1. The first-order chi connectivity index (χ1) is 11.6. The average molecular weight is 330 g/mol. The van der Waals surface area contributed by atoms with Crippen molar-refractivity contribution in [1.82, 2.24) is 9.80 Å². The second-order valence-corrected chi connectivity index (χ2v) is 6.90. The molecule has 2 atom stereocenters. The quantitative estimate of drug-likeness (QED) is 0.852. The van der Waals surface area contributed by atoms with E-state index < -0.39 is 0 Å². The third-order valence-corrected chi connectivity index (χ3v) is 5.16. The van der Waals surface area contributed by atoms with Gasteiger partial charge >= 0.3 is 0 Å². The molecule has 0 saturated carbocycles. The molecule has 3 rings (SSSR count). The van der Waals surface area contributed by atoms with Gasteiger partial charge in [-0.15, -0.1) is 0 Å². The van der Waals surface area contributed by atoms with Crippen molar-refractivity contribution in [3.63, 3.8) is 0 Å². The van der Waals surface area contributed by atoms with Crippen LogP contribution < -0.4 is 4.74 Å². The van der Waals surface area contributed by atoms with E-state index in [9.17, 15) is 9.59 Å². The molecule has 0 unspecified atom stereocenters. The molecule has 2 aliphatic heterocycles. The minimum atomic E-state index is -0.191. The smallest absolute Gasteiger partial charge is 0.228 e. The van der Waals surface area contributed by atoms with Crippen molar-refractivity contribution >= 4 is 11.8 Å². The first kappa shape index (κ1) is 16.8. The molecule has 5 heteroatoms. The Morgan fingerprint density at radius 1 is 1.33 bits per heavy atom. The maximum atomic E-state index is 12.8. The van der Waals surface area contributed by atoms with E-state index in [0.29, 0.717) is 25.6 Å². The van der Waals surface area contributed by atoms with Crippen molar-refractivity contribution in [3.05, 3.63) is 29.8 Å². The minimum Gasteiger partial charge on any atom is -0.497 e. The zero-order valence-corrected chi connectivity index (χ0v) is 14.5. The van der Waals surface area contributed by atoms with Crippen molar-refractivity contribution in [2.45, 2.75) is 45.2 Å². The van der Waals surface area contributed by atoms with E-state index in [4.69, 9.17) is 4.74 Å². The SMILES string of the molecule is COc1cccc(CN2C[C@@H](C(=O)N3CCCC[C@H]3C)CC2=O)c1. The summed E-state index contributed by atoms with van der Waals surface area (Å²) in [6.45, 7) is 4.01. The van der Waals surface area contributed by atoms with Crippen molar-refractivity contribution < 1.29 is 14.3 Å². The van der Waals surface area contributed by atoms with Crippen LogP contribution >= 0.6 is 0 Å². The number of hydrogen-bond acceptors (Lipinski definition) is 3. The molecule has 0 bridgehead atoms. The van der Waals surface area contributed by atoms with Gasteiger partial charge in [-0.1, -0.05) is 12.1 Å². The van der Waals surface area contributed by atoms with Crippen LogP contribution in [0.25, 0.3) is 0 Å². The minimum absolute atomic E-state index is 0.0702. The van der Waals surface area contributed by atoms with Gasteiger partial charge in [0.15, 0.2) is 0 Å². The van der Waals surface area contributed by atoms with E-state index in [1.54, 1.807) is 12.0 Å². The molecule has 5 nitrogen and oxygen atoms in total. The van der Waals surface area contributed by atoms with Gasteiger partial charge in [-0.05, 0) is 43.9 Å². The summed E-state index contributed by atoms with van der Waals surface area (Å²) in [7, 11) is 1.63. The Kier molecular flexibility index (Phi) is 5.07. The zero-order chi connectivity index (χ0) is 17.1. The second kappa shape index (κ2) is 7.24. The van der Waals surface area contributed by atoms with Gasteiger partial charge in [0.1, 0.15) is 5.75 Å². The van der Waals surface area contributed by atoms with Crippen LogP contribution in [0.5, 0.6) is 5.75 Å². The zero-order valence-electron chi connectivity index (χ0n) is 14.5. The Labute approximate surface area is 143 Å². The third kappa shape index (κ3) is 3.55. The first-order valence-corrected chi connectivity index (χ1v) is 8.79. The van der Waals surface area contributed by atoms with Gasteiger partial charge < -0.3 is 14.5 Å². The molecule has 0 aromatic heterocycles. The highest BCUT2D eigenvalue weighted by atomic mass is 16.5. The fourth-order valence-electron chi connectivity index (χ4n) is 3.74. The summed E-state index contributed by atoms with van der Waals surface area (Å²) in [5.41, 5.74) is 1.03. The molecule has 0 spiro atoms. The van der Waals surface area contributed by atoms with Crippen LogP contribution in [-0.4, -0.2) is 47.9 Å². The fraction of sp³-hybridized carbons (Fsp3) is 0.579. The van der Waals surface area contributed by atoms with E-state index in [2.05, 4.69) is 6.92 Å². The lowest BCUT2D eigenvalue weighted by molar-refractivity contribution is -0.139. The summed E-state index contributed by atoms with van der Waals surface area (Å²) < 4.78 is 5.23. The van der Waals surface area contributed by atoms with Crippen LogP contribution in [0.2, 0.25) is 0 Å². The van der Waals surface area contributed by atoms with Crippen LogP contribution in [0, 0.1) is 5.92 Å². The molecule has 24 heavy (non-hydrogen) atoms. The Bertz CT molecular complexity index is 616. The summed E-state index contributed by atoms with van der Waals surface area (Å²) in [6.07, 6.45) is 3.67. The van der Waals surface area contributed by atoms with Crippen LogP contribution in [0.4, 0.5) is 0 Å². The highest BCUT2D eigenvalue weighted by Gasteiger charge is 2.38. The van der Waals surface area contributed by atoms with Gasteiger partial charge in [0.05, 0.1) is 13.0 Å². The van der Waals surface area contributed by atoms with E-state index in [-0.39, 0.29) is 17.7 Å². The number of piperidine rings is 1. The van der Waals surface area contributed by atoms with E-state index >= 15 is 0 Å². The van der Waals surface area contributed by atoms with Crippen LogP contribution in [0.3, 0.4) is 0 Å². The van der Waals surface area contributed by atoms with Gasteiger partial charge in [-0.25, -0.2) is 0 Å². The van der Waals surface area contributed by atoms with Gasteiger partial charge in [0, 0.05) is 32.1 Å². The van der Waals surface area contributed by atoms with Gasteiger partial charge in [-0.3, -0.25) is 9.59 Å². The molecule has 1 aromatic carbocycles. The summed E-state index contributed by atoms with van der Waals surface area (Å²) in [5, 5.41) is 0. The van der Waals surface area contributed by atoms with Gasteiger partial charge in [-0.2, -0.15) is 0 Å². The third-order valence-electron chi connectivity index (χ3n) is 5.16. The lowest BCUT2D eigenvalue weighted by Gasteiger charge is -2.35. The molecule has 2 saturated heterocycles. The highest BCUT2D eigenvalue weighted by molar-refractivity contribution is 5.89. The average Bonchev–Trinajstić information content (AvgIpc) is 2.95. The van der Waals surface area contributed by atoms with Crippen molar-refractivity contribution in [2.24, 2.45) is 5.92 Å². The Balaban J connectivity index is 1.63. The van der Waals surface area contributed by atoms with Crippen molar-refractivity contribution in [2.75, 3.05) is 20.2 Å². The van der Waals surface area contributed by atoms with Crippen molar-refractivity contribution in [1.29, 1.82) is 0 Å². The largest absolute Gasteiger partial charge is 0.497 e. The predicted molar refractivity (Wildman–Crippen MR) is 91.5 cm³/mol. The fourth-order valence-corrected chi connectivity index (χ4v) is 3.74. The monoisotopic (exact) mass is 330 g/mol. The molecule has 0 N–H and O–H groups in total. The summed E-state index contributed by atoms with van der Waals surface area (Å²) in [5.74, 6) is 0.821. The Hall–Kier alpha value is -2.04. The number of likely N-dealkylation sites (tertiary alicyclic amines) is 2. The molecule has 2 aliphatic rings. The number of hydrogen-bond donors (Lipinski definition) is 0. The topological polar surface area (TPSA) is 49.9 Å². The number of nitrogens with zero attached hydrogens (tertiary/aromatic N) is 2. The lowest BCUT2D eigenvalue weighted by Crippen LogP contribution is -2.45. The number of benzene rings is 1. The van der Waals surface area contributed by atoms with Crippen LogP contribution in [0.1, 0.15) is 38.2 Å². The Morgan fingerprint density at radius 2 is 2.17 bits per heavy atom. The number of carbonyl (C=O) groups is 2. The molecule has 0 radical (unpaired) electrons. The number of ether oxygens (including phenoxy) is 1. The maximum Gasteiger partial charge on any atom is 0.228 e. The summed E-state index contributed by atoms with van der Waals surface area (Å²) in [4.78, 5) is 28.9. The van der Waals surface area contributed by atoms with E-state index in [1.807, 2.05) is 29.2 Å². The maximum absolute atomic E-state index is 12.8. The summed E-state index contributed by atoms with van der Waals surface area (Å²) in [6, 6.07) is 8.03. The van der Waals surface area contributed by atoms with E-state index in [1.165, 1.54) is 6.42 Å². The van der Waals surface area contributed by atoms with Crippen LogP contribution in [0.15, 0.2) is 24.3 Å². The summed E-state index contributed by atoms with van der Waals surface area (Å²) >= 11 is 0. The molecule has 0 aliphatic carbocycles. The van der Waals surface area contributed by atoms with Crippen LogP contribution in [-0.2, 0) is 16.1 Å². The number of amides is 2. The first-order valence-electron chi connectivity index (χ1n) is 8.79. The number of methoxy groups -OCH3 is 1.